The molecule has 3 fully saturated rings. The SMILES string of the molecule is COc1cccc(N2C(=O)NC(=NC3CCCCC3)C23CCN(Cc2ccc(F)cc2)CC3)c1. The first-order valence-electron chi connectivity index (χ1n) is 12.4. The van der Waals surface area contributed by atoms with Crippen molar-refractivity contribution >= 4 is 17.6 Å². The third-order valence-corrected chi connectivity index (χ3v) is 7.50. The molecule has 1 saturated carbocycles. The first-order valence-corrected chi connectivity index (χ1v) is 12.4. The number of methoxy groups -OCH3 is 1. The Hall–Kier alpha value is -2.93. The molecule has 2 heterocycles. The zero-order valence-corrected chi connectivity index (χ0v) is 19.8. The lowest BCUT2D eigenvalue weighted by molar-refractivity contribution is 0.184. The van der Waals surface area contributed by atoms with Gasteiger partial charge in [0.05, 0.1) is 18.8 Å². The van der Waals surface area contributed by atoms with Crippen LogP contribution in [0.5, 0.6) is 5.75 Å². The summed E-state index contributed by atoms with van der Waals surface area (Å²) in [7, 11) is 1.64. The van der Waals surface area contributed by atoms with Gasteiger partial charge in [0, 0.05) is 25.7 Å². The molecule has 0 bridgehead atoms. The van der Waals surface area contributed by atoms with Gasteiger partial charge in [0.25, 0.3) is 0 Å². The van der Waals surface area contributed by atoms with Gasteiger partial charge in [-0.15, -0.1) is 0 Å². The number of nitrogens with zero attached hydrogens (tertiary/aromatic N) is 3. The number of carbonyl (C=O) groups excluding carboxylic acids is 1. The number of likely N-dealkylation sites (tertiary alicyclic amines) is 1. The van der Waals surface area contributed by atoms with E-state index in [1.807, 2.05) is 41.3 Å². The first-order chi connectivity index (χ1) is 16.6. The van der Waals surface area contributed by atoms with Crippen molar-refractivity contribution in [3.8, 4) is 5.75 Å². The summed E-state index contributed by atoms with van der Waals surface area (Å²) in [5.74, 6) is 1.34. The van der Waals surface area contributed by atoms with Crippen molar-refractivity contribution in [1.82, 2.24) is 10.2 Å². The topological polar surface area (TPSA) is 57.2 Å². The van der Waals surface area contributed by atoms with E-state index in [0.29, 0.717) is 0 Å². The van der Waals surface area contributed by atoms with E-state index in [9.17, 15) is 9.18 Å². The van der Waals surface area contributed by atoms with Crippen LogP contribution in [0.3, 0.4) is 0 Å². The van der Waals surface area contributed by atoms with Gasteiger partial charge in [-0.1, -0.05) is 37.5 Å². The molecule has 0 unspecified atom stereocenters. The second kappa shape index (κ2) is 9.74. The Labute approximate surface area is 200 Å². The molecule has 34 heavy (non-hydrogen) atoms. The van der Waals surface area contributed by atoms with Crippen LogP contribution < -0.4 is 15.0 Å². The Kier molecular flexibility index (Phi) is 6.55. The van der Waals surface area contributed by atoms with Crippen molar-refractivity contribution < 1.29 is 13.9 Å². The number of ether oxygens (including phenoxy) is 1. The summed E-state index contributed by atoms with van der Waals surface area (Å²) in [6.45, 7) is 2.43. The van der Waals surface area contributed by atoms with Crippen molar-refractivity contribution in [2.24, 2.45) is 4.99 Å². The summed E-state index contributed by atoms with van der Waals surface area (Å²) in [5.41, 5.74) is 1.44. The van der Waals surface area contributed by atoms with Gasteiger partial charge < -0.3 is 4.74 Å². The Bertz CT molecular complexity index is 1040. The molecule has 0 atom stereocenters. The van der Waals surface area contributed by atoms with Crippen molar-refractivity contribution in [3.63, 3.8) is 0 Å². The highest BCUT2D eigenvalue weighted by Gasteiger charge is 2.53. The molecule has 180 valence electrons. The maximum Gasteiger partial charge on any atom is 0.328 e. The second-order valence-corrected chi connectivity index (χ2v) is 9.67. The molecule has 7 heteroatoms. The Morgan fingerprint density at radius 1 is 1.09 bits per heavy atom. The highest BCUT2D eigenvalue weighted by molar-refractivity contribution is 6.19. The molecular weight excluding hydrogens is 431 g/mol. The normalized spacial score (nSPS) is 22.4. The molecule has 2 aromatic carbocycles. The summed E-state index contributed by atoms with van der Waals surface area (Å²) in [6.07, 6.45) is 7.43. The average Bonchev–Trinajstić information content (AvgIpc) is 3.12. The van der Waals surface area contributed by atoms with Crippen LogP contribution in [-0.4, -0.2) is 48.5 Å². The molecule has 2 aromatic rings. The van der Waals surface area contributed by atoms with Gasteiger partial charge in [-0.3, -0.25) is 20.1 Å². The highest BCUT2D eigenvalue weighted by atomic mass is 19.1. The van der Waals surface area contributed by atoms with Crippen LogP contribution in [0.2, 0.25) is 0 Å². The van der Waals surface area contributed by atoms with Crippen LogP contribution >= 0.6 is 0 Å². The lowest BCUT2D eigenvalue weighted by atomic mass is 9.84. The molecule has 2 saturated heterocycles. The zero-order chi connectivity index (χ0) is 23.5. The average molecular weight is 465 g/mol. The third-order valence-electron chi connectivity index (χ3n) is 7.50. The fourth-order valence-electron chi connectivity index (χ4n) is 5.62. The van der Waals surface area contributed by atoms with Gasteiger partial charge in [-0.2, -0.15) is 0 Å². The molecule has 2 amide bonds. The van der Waals surface area contributed by atoms with E-state index in [1.54, 1.807) is 7.11 Å². The minimum Gasteiger partial charge on any atom is -0.497 e. The fraction of sp³-hybridized carbons (Fsp3) is 0.481. The number of amides is 2. The summed E-state index contributed by atoms with van der Waals surface area (Å²) in [4.78, 5) is 22.8. The van der Waals surface area contributed by atoms with Gasteiger partial charge in [0.2, 0.25) is 0 Å². The minimum absolute atomic E-state index is 0.116. The summed E-state index contributed by atoms with van der Waals surface area (Å²) >= 11 is 0. The maximum absolute atomic E-state index is 13.3. The number of hydrogen-bond acceptors (Lipinski definition) is 4. The van der Waals surface area contributed by atoms with Crippen LogP contribution in [0.15, 0.2) is 53.5 Å². The molecule has 6 nitrogen and oxygen atoms in total. The number of rotatable bonds is 5. The number of anilines is 1. The van der Waals surface area contributed by atoms with Gasteiger partial charge in [0.15, 0.2) is 0 Å². The highest BCUT2D eigenvalue weighted by Crippen LogP contribution is 2.39. The number of nitrogens with one attached hydrogen (secondary N) is 1. The molecule has 2 aliphatic heterocycles. The van der Waals surface area contributed by atoms with E-state index in [-0.39, 0.29) is 17.9 Å². The molecule has 0 radical (unpaired) electrons. The Morgan fingerprint density at radius 2 is 1.82 bits per heavy atom. The van der Waals surface area contributed by atoms with Gasteiger partial charge in [0.1, 0.15) is 22.9 Å². The lowest BCUT2D eigenvalue weighted by Crippen LogP contribution is -2.57. The van der Waals surface area contributed by atoms with E-state index in [0.717, 1.165) is 68.2 Å². The molecule has 1 spiro atoms. The monoisotopic (exact) mass is 464 g/mol. The number of amidine groups is 1. The van der Waals surface area contributed by atoms with E-state index >= 15 is 0 Å². The van der Waals surface area contributed by atoms with Crippen LogP contribution in [0, 0.1) is 5.82 Å². The molecule has 5 rings (SSSR count). The third kappa shape index (κ3) is 4.53. The Morgan fingerprint density at radius 3 is 2.53 bits per heavy atom. The largest absolute Gasteiger partial charge is 0.497 e. The number of carbonyl (C=O) groups is 1. The summed E-state index contributed by atoms with van der Waals surface area (Å²) in [5, 5.41) is 3.15. The number of aliphatic imine (C=N–C) groups is 1. The van der Waals surface area contributed by atoms with E-state index in [2.05, 4.69) is 10.2 Å². The number of urea groups is 1. The van der Waals surface area contributed by atoms with E-state index in [1.165, 1.54) is 31.4 Å². The molecule has 3 aliphatic rings. The van der Waals surface area contributed by atoms with Gasteiger partial charge in [-0.05, 0) is 55.5 Å². The van der Waals surface area contributed by atoms with Crippen LogP contribution in [0.4, 0.5) is 14.9 Å². The fourth-order valence-corrected chi connectivity index (χ4v) is 5.62. The predicted octanol–water partition coefficient (Wildman–Crippen LogP) is 5.13. The van der Waals surface area contributed by atoms with Crippen molar-refractivity contribution in [2.75, 3.05) is 25.1 Å². The van der Waals surface area contributed by atoms with Gasteiger partial charge in [-0.25, -0.2) is 9.18 Å². The molecule has 1 aliphatic carbocycles. The summed E-state index contributed by atoms with van der Waals surface area (Å²) < 4.78 is 18.8. The van der Waals surface area contributed by atoms with Crippen LogP contribution in [0.1, 0.15) is 50.5 Å². The number of piperidine rings is 1. The van der Waals surface area contributed by atoms with Crippen molar-refractivity contribution in [1.29, 1.82) is 0 Å². The standard InChI is InChI=1S/C27H33FN4O2/c1-34-24-9-5-8-23(18-24)32-26(33)30-25(29-22-6-3-2-4-7-22)27(32)14-16-31(17-15-27)19-20-10-12-21(28)13-11-20/h5,8-13,18,22H,2-4,6-7,14-17,19H2,1H3,(H,29,30,33). The quantitative estimate of drug-likeness (QED) is 0.667. The maximum atomic E-state index is 13.3. The predicted molar refractivity (Wildman–Crippen MR) is 132 cm³/mol. The molecule has 0 aromatic heterocycles. The number of halogens is 1. The second-order valence-electron chi connectivity index (χ2n) is 9.67. The van der Waals surface area contributed by atoms with Crippen molar-refractivity contribution in [2.45, 2.75) is 63.1 Å². The van der Waals surface area contributed by atoms with Crippen LogP contribution in [0.25, 0.3) is 0 Å². The number of benzene rings is 2. The Balaban J connectivity index is 1.43. The van der Waals surface area contributed by atoms with Crippen molar-refractivity contribution in [3.05, 3.63) is 59.9 Å². The minimum atomic E-state index is -0.486. The van der Waals surface area contributed by atoms with Crippen LogP contribution in [-0.2, 0) is 6.54 Å². The molecular formula is C27H33FN4O2. The van der Waals surface area contributed by atoms with Gasteiger partial charge >= 0.3 is 6.03 Å². The summed E-state index contributed by atoms with van der Waals surface area (Å²) in [6, 6.07) is 14.6. The number of hydrogen-bond donors (Lipinski definition) is 1. The van der Waals surface area contributed by atoms with E-state index < -0.39 is 5.54 Å². The smallest absolute Gasteiger partial charge is 0.328 e. The zero-order valence-electron chi connectivity index (χ0n) is 19.8. The first kappa shape index (κ1) is 22.8. The van der Waals surface area contributed by atoms with E-state index in [4.69, 9.17) is 9.73 Å². The molecule has 1 N–H and O–H groups in total. The lowest BCUT2D eigenvalue weighted by Gasteiger charge is -2.44.